The fraction of sp³-hybridized carbons (Fsp3) is 0.500. The summed E-state index contributed by atoms with van der Waals surface area (Å²) in [5, 5.41) is 7.61. The summed E-state index contributed by atoms with van der Waals surface area (Å²) in [6.45, 7) is 4.61. The van der Waals surface area contributed by atoms with E-state index in [0.29, 0.717) is 5.92 Å². The van der Waals surface area contributed by atoms with E-state index >= 15 is 0 Å². The Morgan fingerprint density at radius 3 is 2.90 bits per heavy atom. The molecule has 1 heterocycles. The second-order valence-corrected chi connectivity index (χ2v) is 5.31. The number of nitrogens with zero attached hydrogens (tertiary/aromatic N) is 3. The van der Waals surface area contributed by atoms with E-state index in [1.807, 2.05) is 11.7 Å². The lowest BCUT2D eigenvalue weighted by atomic mass is 9.94. The second-order valence-electron chi connectivity index (χ2n) is 5.31. The summed E-state index contributed by atoms with van der Waals surface area (Å²) < 4.78 is 6.93. The van der Waals surface area contributed by atoms with Crippen LogP contribution in [-0.4, -0.2) is 41.6 Å². The molecule has 0 saturated carbocycles. The van der Waals surface area contributed by atoms with E-state index in [4.69, 9.17) is 4.74 Å². The SMILES string of the molecule is COCCNCC(Cc1ncnn1C)c1cccc(C)c1. The number of aryl methyl sites for hydroxylation is 2. The zero-order chi connectivity index (χ0) is 15.1. The summed E-state index contributed by atoms with van der Waals surface area (Å²) in [6, 6.07) is 8.68. The lowest BCUT2D eigenvalue weighted by Crippen LogP contribution is -2.26. The van der Waals surface area contributed by atoms with Crippen molar-refractivity contribution in [3.8, 4) is 0 Å². The number of ether oxygens (including phenoxy) is 1. The van der Waals surface area contributed by atoms with Crippen LogP contribution in [0.4, 0.5) is 0 Å². The van der Waals surface area contributed by atoms with Gasteiger partial charge in [-0.05, 0) is 12.5 Å². The zero-order valence-corrected chi connectivity index (χ0v) is 13.0. The van der Waals surface area contributed by atoms with Crippen molar-refractivity contribution >= 4 is 0 Å². The molecular weight excluding hydrogens is 264 g/mol. The molecule has 0 aliphatic carbocycles. The van der Waals surface area contributed by atoms with Crippen LogP contribution in [0.5, 0.6) is 0 Å². The summed E-state index contributed by atoms with van der Waals surface area (Å²) in [7, 11) is 3.66. The highest BCUT2D eigenvalue weighted by atomic mass is 16.5. The molecule has 1 aromatic carbocycles. The molecule has 2 rings (SSSR count). The maximum Gasteiger partial charge on any atom is 0.138 e. The van der Waals surface area contributed by atoms with Crippen LogP contribution >= 0.6 is 0 Å². The maximum absolute atomic E-state index is 5.08. The third-order valence-electron chi connectivity index (χ3n) is 3.62. The van der Waals surface area contributed by atoms with E-state index in [9.17, 15) is 0 Å². The van der Waals surface area contributed by atoms with E-state index in [1.54, 1.807) is 13.4 Å². The number of aromatic nitrogens is 3. The molecule has 21 heavy (non-hydrogen) atoms. The van der Waals surface area contributed by atoms with Gasteiger partial charge < -0.3 is 10.1 Å². The smallest absolute Gasteiger partial charge is 0.138 e. The molecule has 0 radical (unpaired) electrons. The van der Waals surface area contributed by atoms with Gasteiger partial charge in [-0.3, -0.25) is 4.68 Å². The lowest BCUT2D eigenvalue weighted by molar-refractivity contribution is 0.199. The van der Waals surface area contributed by atoms with Crippen LogP contribution in [0, 0.1) is 6.92 Å². The second kappa shape index (κ2) is 7.90. The molecule has 1 N–H and O–H groups in total. The molecule has 2 aromatic rings. The minimum atomic E-state index is 0.379. The van der Waals surface area contributed by atoms with Gasteiger partial charge in [0.15, 0.2) is 0 Å². The third-order valence-corrected chi connectivity index (χ3v) is 3.62. The Hall–Kier alpha value is -1.72. The fourth-order valence-electron chi connectivity index (χ4n) is 2.41. The van der Waals surface area contributed by atoms with Gasteiger partial charge in [0.05, 0.1) is 6.61 Å². The van der Waals surface area contributed by atoms with Crippen LogP contribution in [0.3, 0.4) is 0 Å². The van der Waals surface area contributed by atoms with Gasteiger partial charge in [-0.25, -0.2) is 4.98 Å². The minimum absolute atomic E-state index is 0.379. The van der Waals surface area contributed by atoms with Crippen LogP contribution in [0.25, 0.3) is 0 Å². The van der Waals surface area contributed by atoms with E-state index in [0.717, 1.165) is 31.9 Å². The molecule has 0 amide bonds. The summed E-state index contributed by atoms with van der Waals surface area (Å²) in [6.07, 6.45) is 2.49. The van der Waals surface area contributed by atoms with Gasteiger partial charge in [-0.1, -0.05) is 29.8 Å². The van der Waals surface area contributed by atoms with Crippen LogP contribution < -0.4 is 5.32 Å². The Balaban J connectivity index is 2.08. The van der Waals surface area contributed by atoms with Crippen molar-refractivity contribution in [2.45, 2.75) is 19.3 Å². The average Bonchev–Trinajstić information content (AvgIpc) is 2.87. The molecule has 0 fully saturated rings. The molecule has 114 valence electrons. The van der Waals surface area contributed by atoms with Gasteiger partial charge in [0.25, 0.3) is 0 Å². The summed E-state index contributed by atoms with van der Waals surface area (Å²) in [5.74, 6) is 1.39. The number of benzene rings is 1. The quantitative estimate of drug-likeness (QED) is 0.751. The largest absolute Gasteiger partial charge is 0.383 e. The fourth-order valence-corrected chi connectivity index (χ4v) is 2.41. The molecule has 0 bridgehead atoms. The topological polar surface area (TPSA) is 52.0 Å². The van der Waals surface area contributed by atoms with Crippen molar-refractivity contribution in [2.24, 2.45) is 7.05 Å². The van der Waals surface area contributed by atoms with Gasteiger partial charge in [-0.2, -0.15) is 5.10 Å². The van der Waals surface area contributed by atoms with Crippen LogP contribution in [-0.2, 0) is 18.2 Å². The lowest BCUT2D eigenvalue weighted by Gasteiger charge is -2.18. The number of hydrogen-bond acceptors (Lipinski definition) is 4. The van der Waals surface area contributed by atoms with Crippen molar-refractivity contribution in [1.82, 2.24) is 20.1 Å². The summed E-state index contributed by atoms with van der Waals surface area (Å²) in [5.41, 5.74) is 2.62. The first-order valence-corrected chi connectivity index (χ1v) is 7.29. The van der Waals surface area contributed by atoms with Crippen molar-refractivity contribution in [2.75, 3.05) is 26.8 Å². The Kier molecular flexibility index (Phi) is 5.90. The number of hydrogen-bond donors (Lipinski definition) is 1. The van der Waals surface area contributed by atoms with Gasteiger partial charge in [-0.15, -0.1) is 0 Å². The van der Waals surface area contributed by atoms with E-state index < -0.39 is 0 Å². The van der Waals surface area contributed by atoms with Crippen LogP contribution in [0.15, 0.2) is 30.6 Å². The standard InChI is InChI=1S/C16H24N4O/c1-13-5-4-6-14(9-13)15(11-17-7-8-21-3)10-16-18-12-19-20(16)2/h4-6,9,12,15,17H,7-8,10-11H2,1-3H3. The van der Waals surface area contributed by atoms with Crippen molar-refractivity contribution in [3.63, 3.8) is 0 Å². The molecule has 5 heteroatoms. The van der Waals surface area contributed by atoms with Gasteiger partial charge in [0.2, 0.25) is 0 Å². The summed E-state index contributed by atoms with van der Waals surface area (Å²) in [4.78, 5) is 4.35. The third kappa shape index (κ3) is 4.65. The molecule has 0 saturated heterocycles. The molecule has 0 aliphatic rings. The number of methoxy groups -OCH3 is 1. The van der Waals surface area contributed by atoms with E-state index in [-0.39, 0.29) is 0 Å². The molecule has 0 spiro atoms. The molecule has 1 atom stereocenters. The Morgan fingerprint density at radius 2 is 2.24 bits per heavy atom. The number of nitrogens with one attached hydrogen (secondary N) is 1. The monoisotopic (exact) mass is 288 g/mol. The first-order valence-electron chi connectivity index (χ1n) is 7.29. The van der Waals surface area contributed by atoms with Gasteiger partial charge in [0, 0.05) is 39.6 Å². The van der Waals surface area contributed by atoms with Gasteiger partial charge in [0.1, 0.15) is 12.2 Å². The first kappa shape index (κ1) is 15.7. The van der Waals surface area contributed by atoms with E-state index in [2.05, 4.69) is 46.6 Å². The summed E-state index contributed by atoms with van der Waals surface area (Å²) >= 11 is 0. The highest BCUT2D eigenvalue weighted by Gasteiger charge is 2.15. The van der Waals surface area contributed by atoms with Crippen molar-refractivity contribution in [3.05, 3.63) is 47.5 Å². The van der Waals surface area contributed by atoms with Crippen molar-refractivity contribution < 1.29 is 4.74 Å². The molecule has 1 aromatic heterocycles. The average molecular weight is 288 g/mol. The maximum atomic E-state index is 5.08. The normalized spacial score (nSPS) is 12.5. The van der Waals surface area contributed by atoms with Crippen LogP contribution in [0.1, 0.15) is 22.9 Å². The molecule has 5 nitrogen and oxygen atoms in total. The predicted octanol–water partition coefficient (Wildman–Crippen LogP) is 1.69. The predicted molar refractivity (Wildman–Crippen MR) is 83.4 cm³/mol. The molecular formula is C16H24N4O. The minimum Gasteiger partial charge on any atom is -0.383 e. The Labute approximate surface area is 126 Å². The highest BCUT2D eigenvalue weighted by Crippen LogP contribution is 2.20. The van der Waals surface area contributed by atoms with Crippen molar-refractivity contribution in [1.29, 1.82) is 0 Å². The highest BCUT2D eigenvalue weighted by molar-refractivity contribution is 5.26. The Morgan fingerprint density at radius 1 is 1.38 bits per heavy atom. The van der Waals surface area contributed by atoms with Crippen LogP contribution in [0.2, 0.25) is 0 Å². The zero-order valence-electron chi connectivity index (χ0n) is 13.0. The number of rotatable bonds is 8. The molecule has 0 aliphatic heterocycles. The van der Waals surface area contributed by atoms with E-state index in [1.165, 1.54) is 11.1 Å². The Bertz CT molecular complexity index is 553. The first-order chi connectivity index (χ1) is 10.2. The molecule has 1 unspecified atom stereocenters. The van der Waals surface area contributed by atoms with Gasteiger partial charge >= 0.3 is 0 Å².